The molecule has 0 aromatic carbocycles. The number of nitrogens with one attached hydrogen (secondary N) is 1. The molecule has 18 heavy (non-hydrogen) atoms. The maximum absolute atomic E-state index is 11.5. The van der Waals surface area contributed by atoms with Gasteiger partial charge >= 0.3 is 20.0 Å². The second-order valence-corrected chi connectivity index (χ2v) is 8.58. The molecular formula is C10H21NO5S2. The third-order valence-corrected chi connectivity index (χ3v) is 6.43. The van der Waals surface area contributed by atoms with Crippen LogP contribution in [0.25, 0.3) is 0 Å². The molecule has 1 N–H and O–H groups in total. The quantitative estimate of drug-likeness (QED) is 0.372. The fourth-order valence-electron chi connectivity index (χ4n) is 1.21. The van der Waals surface area contributed by atoms with Crippen molar-refractivity contribution >= 4 is 20.0 Å². The first-order valence-corrected chi connectivity index (χ1v) is 9.08. The lowest BCUT2D eigenvalue weighted by atomic mass is 10.3. The van der Waals surface area contributed by atoms with Crippen molar-refractivity contribution in [3.63, 3.8) is 0 Å². The van der Waals surface area contributed by atoms with Gasteiger partial charge in [-0.1, -0.05) is 25.3 Å². The molecule has 108 valence electrons. The number of sulfonamides is 2. The van der Waals surface area contributed by atoms with Crippen LogP contribution in [0.2, 0.25) is 0 Å². The molecule has 0 amide bonds. The second-order valence-electron chi connectivity index (χ2n) is 4.30. The number of hydrogen-bond donors (Lipinski definition) is 1. The SMILES string of the molecule is C=C(C)CCS(=O)(=O)[NH+]([O-])S(=O)(=O)CCCCC. The Morgan fingerprint density at radius 3 is 2.06 bits per heavy atom. The van der Waals surface area contributed by atoms with E-state index >= 15 is 0 Å². The Hall–Kier alpha value is -0.440. The summed E-state index contributed by atoms with van der Waals surface area (Å²) in [5.74, 6) is -0.889. The number of hydrogen-bond acceptors (Lipinski definition) is 5. The monoisotopic (exact) mass is 299 g/mol. The number of unbranched alkanes of at least 4 members (excludes halogenated alkanes) is 2. The summed E-state index contributed by atoms with van der Waals surface area (Å²) in [6.07, 6.45) is 1.85. The molecule has 0 heterocycles. The van der Waals surface area contributed by atoms with Crippen molar-refractivity contribution in [2.45, 2.75) is 39.5 Å². The Balaban J connectivity index is 4.70. The second kappa shape index (κ2) is 7.22. The minimum Gasteiger partial charge on any atom is -0.603 e. The van der Waals surface area contributed by atoms with Crippen LogP contribution in [0.15, 0.2) is 12.2 Å². The average Bonchev–Trinajstić information content (AvgIpc) is 2.25. The van der Waals surface area contributed by atoms with E-state index in [1.54, 1.807) is 6.92 Å². The van der Waals surface area contributed by atoms with E-state index in [9.17, 15) is 22.0 Å². The molecule has 0 aromatic rings. The molecule has 6 nitrogen and oxygen atoms in total. The van der Waals surface area contributed by atoms with Gasteiger partial charge in [-0.05, 0) is 19.8 Å². The van der Waals surface area contributed by atoms with E-state index < -0.39 is 35.4 Å². The average molecular weight is 299 g/mol. The van der Waals surface area contributed by atoms with Crippen molar-refractivity contribution in [1.29, 1.82) is 0 Å². The summed E-state index contributed by atoms with van der Waals surface area (Å²) >= 11 is 0. The molecule has 0 saturated carbocycles. The van der Waals surface area contributed by atoms with Crippen LogP contribution < -0.4 is 3.87 Å². The fourth-order valence-corrected chi connectivity index (χ4v) is 4.79. The van der Waals surface area contributed by atoms with Crippen molar-refractivity contribution in [2.24, 2.45) is 0 Å². The molecule has 0 fully saturated rings. The lowest BCUT2D eigenvalue weighted by molar-refractivity contribution is -0.548. The van der Waals surface area contributed by atoms with E-state index in [0.29, 0.717) is 18.4 Å². The van der Waals surface area contributed by atoms with Gasteiger partial charge < -0.3 is 5.21 Å². The van der Waals surface area contributed by atoms with Crippen LogP contribution in [0.3, 0.4) is 0 Å². The van der Waals surface area contributed by atoms with Crippen molar-refractivity contribution in [2.75, 3.05) is 11.5 Å². The predicted molar refractivity (Wildman–Crippen MR) is 70.9 cm³/mol. The maximum Gasteiger partial charge on any atom is 0.309 e. The van der Waals surface area contributed by atoms with Crippen LogP contribution in [0.5, 0.6) is 0 Å². The van der Waals surface area contributed by atoms with E-state index in [4.69, 9.17) is 0 Å². The molecule has 0 spiro atoms. The van der Waals surface area contributed by atoms with E-state index in [2.05, 4.69) is 6.58 Å². The molecule has 0 radical (unpaired) electrons. The van der Waals surface area contributed by atoms with Gasteiger partial charge in [-0.3, -0.25) is 0 Å². The van der Waals surface area contributed by atoms with Gasteiger partial charge in [-0.2, -0.15) is 20.7 Å². The molecule has 0 rings (SSSR count). The van der Waals surface area contributed by atoms with Gasteiger partial charge in [0, 0.05) is 0 Å². The van der Waals surface area contributed by atoms with Crippen molar-refractivity contribution < 1.29 is 20.7 Å². The highest BCUT2D eigenvalue weighted by atomic mass is 32.3. The first kappa shape index (κ1) is 17.6. The zero-order chi connectivity index (χ0) is 14.4. The summed E-state index contributed by atoms with van der Waals surface area (Å²) < 4.78 is 44.5. The lowest BCUT2D eigenvalue weighted by Crippen LogP contribution is -3.11. The number of rotatable bonds is 9. The number of quaternary nitrogens is 1. The van der Waals surface area contributed by atoms with E-state index in [1.807, 2.05) is 6.92 Å². The largest absolute Gasteiger partial charge is 0.603 e. The lowest BCUT2D eigenvalue weighted by Gasteiger charge is -2.20. The molecule has 8 heteroatoms. The van der Waals surface area contributed by atoms with Crippen LogP contribution in [0, 0.1) is 5.21 Å². The van der Waals surface area contributed by atoms with Crippen LogP contribution in [-0.4, -0.2) is 28.3 Å². The first-order chi connectivity index (χ1) is 8.13. The first-order valence-electron chi connectivity index (χ1n) is 5.77. The van der Waals surface area contributed by atoms with Gasteiger partial charge in [0.25, 0.3) is 0 Å². The van der Waals surface area contributed by atoms with Crippen LogP contribution >= 0.6 is 0 Å². The zero-order valence-corrected chi connectivity index (χ0v) is 12.4. The molecule has 0 aliphatic carbocycles. The normalized spacial score (nSPS) is 14.4. The Kier molecular flexibility index (Phi) is 7.05. The van der Waals surface area contributed by atoms with Gasteiger partial charge in [0.15, 0.2) is 0 Å². The topological polar surface area (TPSA) is 95.8 Å². The van der Waals surface area contributed by atoms with E-state index in [0.717, 1.165) is 6.42 Å². The summed E-state index contributed by atoms with van der Waals surface area (Å²) in [6, 6.07) is 0. The minimum absolute atomic E-state index is 0.0958. The zero-order valence-electron chi connectivity index (χ0n) is 10.8. The van der Waals surface area contributed by atoms with Crippen LogP contribution in [0.1, 0.15) is 39.5 Å². The summed E-state index contributed by atoms with van der Waals surface area (Å²) in [5.41, 5.74) is 0.592. The van der Waals surface area contributed by atoms with Crippen LogP contribution in [0.4, 0.5) is 0 Å². The Morgan fingerprint density at radius 1 is 1.11 bits per heavy atom. The van der Waals surface area contributed by atoms with Gasteiger partial charge in [0.05, 0.1) is 0 Å². The molecule has 1 unspecified atom stereocenters. The van der Waals surface area contributed by atoms with Crippen molar-refractivity contribution in [3.8, 4) is 0 Å². The molecule has 0 aliphatic heterocycles. The van der Waals surface area contributed by atoms with Gasteiger partial charge in [-0.15, -0.1) is 6.58 Å². The van der Waals surface area contributed by atoms with E-state index in [1.165, 1.54) is 0 Å². The Labute approximate surface area is 109 Å². The predicted octanol–water partition coefficient (Wildman–Crippen LogP) is 0.185. The Morgan fingerprint density at radius 2 is 1.61 bits per heavy atom. The van der Waals surface area contributed by atoms with Gasteiger partial charge in [0.2, 0.25) is 0 Å². The maximum atomic E-state index is 11.5. The molecule has 0 saturated heterocycles. The van der Waals surface area contributed by atoms with Gasteiger partial charge in [0.1, 0.15) is 11.5 Å². The minimum atomic E-state index is -4.24. The summed E-state index contributed by atoms with van der Waals surface area (Å²) in [7, 11) is -8.43. The fraction of sp³-hybridized carbons (Fsp3) is 0.800. The highest BCUT2D eigenvalue weighted by Gasteiger charge is 2.30. The summed E-state index contributed by atoms with van der Waals surface area (Å²) in [4.78, 5) is 0. The summed E-state index contributed by atoms with van der Waals surface area (Å²) in [6.45, 7) is 7.02. The Bertz CT molecular complexity index is 466. The van der Waals surface area contributed by atoms with E-state index in [-0.39, 0.29) is 6.42 Å². The van der Waals surface area contributed by atoms with Crippen LogP contribution in [-0.2, 0) is 20.0 Å². The summed E-state index contributed by atoms with van der Waals surface area (Å²) in [5, 5.41) is 11.5. The van der Waals surface area contributed by atoms with Crippen molar-refractivity contribution in [3.05, 3.63) is 17.4 Å². The molecule has 0 aromatic heterocycles. The smallest absolute Gasteiger partial charge is 0.309 e. The molecule has 1 atom stereocenters. The highest BCUT2D eigenvalue weighted by Crippen LogP contribution is 1.99. The third kappa shape index (κ3) is 5.94. The standard InChI is InChI=1S/C10H21NO5S2/c1-4-5-6-8-17(13,14)11(12)18(15,16)9-7-10(2)3/h11H,2,4-9H2,1,3H3. The molecule has 0 bridgehead atoms. The third-order valence-electron chi connectivity index (χ3n) is 2.32. The molecular weight excluding hydrogens is 278 g/mol. The van der Waals surface area contributed by atoms with Gasteiger partial charge in [-0.25, -0.2) is 0 Å². The molecule has 0 aliphatic rings. The van der Waals surface area contributed by atoms with Crippen molar-refractivity contribution in [1.82, 2.24) is 0 Å². The number of allylic oxidation sites excluding steroid dienone is 1. The highest BCUT2D eigenvalue weighted by molar-refractivity contribution is 7.96.